The molecule has 0 saturated heterocycles. The minimum atomic E-state index is -0.415. The van der Waals surface area contributed by atoms with E-state index in [1.807, 2.05) is 37.3 Å². The normalized spacial score (nSPS) is 11.1. The van der Waals surface area contributed by atoms with Gasteiger partial charge in [-0.25, -0.2) is 18.9 Å². The number of nitrogens with one attached hydrogen (secondary N) is 1. The van der Waals surface area contributed by atoms with Crippen LogP contribution in [0.25, 0.3) is 16.7 Å². The van der Waals surface area contributed by atoms with Crippen LogP contribution in [0.4, 0.5) is 0 Å². The van der Waals surface area contributed by atoms with E-state index in [2.05, 4.69) is 15.4 Å². The van der Waals surface area contributed by atoms with Crippen molar-refractivity contribution in [1.29, 1.82) is 0 Å². The van der Waals surface area contributed by atoms with Crippen LogP contribution in [0.1, 0.15) is 19.8 Å². The molecule has 148 valence electrons. The van der Waals surface area contributed by atoms with Gasteiger partial charge in [0.1, 0.15) is 12.3 Å². The van der Waals surface area contributed by atoms with Gasteiger partial charge in [-0.2, -0.15) is 0 Å². The van der Waals surface area contributed by atoms with Gasteiger partial charge in [-0.15, -0.1) is 5.10 Å². The second-order valence-corrected chi connectivity index (χ2v) is 6.62. The molecule has 0 unspecified atom stereocenters. The number of aromatic nitrogens is 4. The van der Waals surface area contributed by atoms with E-state index in [9.17, 15) is 9.59 Å². The predicted molar refractivity (Wildman–Crippen MR) is 109 cm³/mol. The molecule has 4 rings (SSSR count). The number of hydrogen-bond acceptors (Lipinski definition) is 5. The van der Waals surface area contributed by atoms with Crippen molar-refractivity contribution in [2.24, 2.45) is 0 Å². The Bertz CT molecular complexity index is 1210. The molecule has 0 saturated carbocycles. The number of unbranched alkanes of at least 4 members (excludes halogenated alkanes) is 1. The maximum absolute atomic E-state index is 13.0. The van der Waals surface area contributed by atoms with Crippen molar-refractivity contribution >= 4 is 22.6 Å². The lowest BCUT2D eigenvalue weighted by molar-refractivity contribution is -0.121. The number of rotatable bonds is 7. The Kier molecular flexibility index (Phi) is 5.24. The van der Waals surface area contributed by atoms with E-state index < -0.39 is 5.69 Å². The Morgan fingerprint density at radius 1 is 1.10 bits per heavy atom. The van der Waals surface area contributed by atoms with Crippen LogP contribution in [-0.4, -0.2) is 31.6 Å². The van der Waals surface area contributed by atoms with Gasteiger partial charge in [-0.05, 0) is 30.7 Å². The molecular weight excluding hydrogens is 370 g/mol. The molecule has 8 nitrogen and oxygen atoms in total. The molecule has 8 heteroatoms. The number of carbonyl (C=O) groups excluding carboxylic acids is 1. The lowest BCUT2D eigenvalue weighted by Gasteiger charge is -2.07. The number of hydrogen-bond donors (Lipinski definition) is 1. The fourth-order valence-electron chi connectivity index (χ4n) is 3.04. The van der Waals surface area contributed by atoms with Crippen molar-refractivity contribution in [3.8, 4) is 11.6 Å². The minimum Gasteiger partial charge on any atom is -0.436 e. The second-order valence-electron chi connectivity index (χ2n) is 6.62. The number of carbonyl (C=O) groups is 1. The Labute approximate surface area is 166 Å². The summed E-state index contributed by atoms with van der Waals surface area (Å²) < 4.78 is 8.48. The predicted octanol–water partition coefficient (Wildman–Crippen LogP) is 2.75. The van der Waals surface area contributed by atoms with Crippen molar-refractivity contribution in [2.45, 2.75) is 26.3 Å². The Morgan fingerprint density at radius 2 is 1.86 bits per heavy atom. The lowest BCUT2D eigenvalue weighted by atomic mass is 10.3. The molecule has 2 heterocycles. The zero-order chi connectivity index (χ0) is 20.2. The molecule has 0 spiro atoms. The molecule has 0 radical (unpaired) electrons. The van der Waals surface area contributed by atoms with Crippen LogP contribution in [0.3, 0.4) is 0 Å². The third-order valence-electron chi connectivity index (χ3n) is 4.48. The number of nitrogens with zero attached hydrogens (tertiary/aromatic N) is 4. The van der Waals surface area contributed by atoms with Crippen LogP contribution < -0.4 is 15.7 Å². The minimum absolute atomic E-state index is 0.163. The van der Waals surface area contributed by atoms with E-state index in [0.717, 1.165) is 17.5 Å². The van der Waals surface area contributed by atoms with Crippen LogP contribution in [0.2, 0.25) is 0 Å². The van der Waals surface area contributed by atoms with Gasteiger partial charge in [0, 0.05) is 6.54 Å². The zero-order valence-corrected chi connectivity index (χ0v) is 16.0. The largest absolute Gasteiger partial charge is 0.436 e. The SMILES string of the molecule is CCCCNC(=O)Cn1nc2c(Oc3ccccc3)nc3ccccc3n2c1=O. The van der Waals surface area contributed by atoms with Gasteiger partial charge in [-0.1, -0.05) is 43.7 Å². The number of amides is 1. The zero-order valence-electron chi connectivity index (χ0n) is 16.0. The standard InChI is InChI=1S/C21H21N5O3/c1-2-3-13-22-18(27)14-25-21(28)26-17-12-8-7-11-16(17)23-20(19(26)24-25)29-15-9-5-4-6-10-15/h4-12H,2-3,13-14H2,1H3,(H,22,27). The molecule has 29 heavy (non-hydrogen) atoms. The summed E-state index contributed by atoms with van der Waals surface area (Å²) in [5.41, 5.74) is 1.05. The highest BCUT2D eigenvalue weighted by Gasteiger charge is 2.18. The number of para-hydroxylation sites is 3. The first-order chi connectivity index (χ1) is 14.2. The van der Waals surface area contributed by atoms with Gasteiger partial charge < -0.3 is 10.1 Å². The summed E-state index contributed by atoms with van der Waals surface area (Å²) in [5.74, 6) is 0.528. The van der Waals surface area contributed by atoms with Crippen molar-refractivity contribution in [2.75, 3.05) is 6.54 Å². The molecule has 0 aliphatic heterocycles. The van der Waals surface area contributed by atoms with Crippen LogP contribution in [0, 0.1) is 0 Å². The average molecular weight is 391 g/mol. The topological polar surface area (TPSA) is 90.5 Å². The first kappa shape index (κ1) is 18.7. The summed E-state index contributed by atoms with van der Waals surface area (Å²) in [4.78, 5) is 29.7. The fraction of sp³-hybridized carbons (Fsp3) is 0.238. The van der Waals surface area contributed by atoms with E-state index in [1.54, 1.807) is 24.3 Å². The highest BCUT2D eigenvalue weighted by Crippen LogP contribution is 2.25. The third kappa shape index (κ3) is 3.82. The number of ether oxygens (including phenoxy) is 1. The highest BCUT2D eigenvalue weighted by atomic mass is 16.5. The quantitative estimate of drug-likeness (QED) is 0.489. The van der Waals surface area contributed by atoms with Crippen molar-refractivity contribution < 1.29 is 9.53 Å². The van der Waals surface area contributed by atoms with Gasteiger partial charge in [0.15, 0.2) is 0 Å². The van der Waals surface area contributed by atoms with E-state index >= 15 is 0 Å². The van der Waals surface area contributed by atoms with Crippen molar-refractivity contribution in [1.82, 2.24) is 24.5 Å². The Hall–Kier alpha value is -3.68. The van der Waals surface area contributed by atoms with Gasteiger partial charge in [0.25, 0.3) is 5.88 Å². The van der Waals surface area contributed by atoms with Crippen LogP contribution in [0.15, 0.2) is 59.4 Å². The van der Waals surface area contributed by atoms with Gasteiger partial charge in [0.05, 0.1) is 11.0 Å². The molecule has 2 aromatic heterocycles. The molecule has 0 fully saturated rings. The molecule has 1 amide bonds. The number of benzene rings is 2. The summed E-state index contributed by atoms with van der Waals surface area (Å²) in [6, 6.07) is 16.4. The summed E-state index contributed by atoms with van der Waals surface area (Å²) in [6.45, 7) is 2.46. The fourth-order valence-corrected chi connectivity index (χ4v) is 3.04. The summed E-state index contributed by atoms with van der Waals surface area (Å²) >= 11 is 0. The average Bonchev–Trinajstić information content (AvgIpc) is 3.06. The molecule has 0 bridgehead atoms. The summed E-state index contributed by atoms with van der Waals surface area (Å²) in [6.07, 6.45) is 1.86. The van der Waals surface area contributed by atoms with Crippen molar-refractivity contribution in [3.63, 3.8) is 0 Å². The molecule has 0 aliphatic carbocycles. The lowest BCUT2D eigenvalue weighted by Crippen LogP contribution is -2.33. The molecule has 0 aliphatic rings. The molecule has 2 aromatic carbocycles. The van der Waals surface area contributed by atoms with E-state index in [4.69, 9.17) is 4.74 Å². The van der Waals surface area contributed by atoms with Crippen LogP contribution in [0.5, 0.6) is 11.6 Å². The van der Waals surface area contributed by atoms with E-state index in [1.165, 1.54) is 4.40 Å². The molecule has 4 aromatic rings. The van der Waals surface area contributed by atoms with Gasteiger partial charge in [-0.3, -0.25) is 4.79 Å². The summed E-state index contributed by atoms with van der Waals surface area (Å²) in [5, 5.41) is 7.15. The van der Waals surface area contributed by atoms with Crippen molar-refractivity contribution in [3.05, 3.63) is 65.1 Å². The maximum atomic E-state index is 13.0. The highest BCUT2D eigenvalue weighted by molar-refractivity contribution is 5.80. The van der Waals surface area contributed by atoms with Crippen LogP contribution >= 0.6 is 0 Å². The first-order valence-electron chi connectivity index (χ1n) is 9.55. The third-order valence-corrected chi connectivity index (χ3v) is 4.48. The molecule has 1 N–H and O–H groups in total. The van der Waals surface area contributed by atoms with Crippen LogP contribution in [-0.2, 0) is 11.3 Å². The Balaban J connectivity index is 1.79. The molecular formula is C21H21N5O3. The first-order valence-corrected chi connectivity index (χ1v) is 9.55. The smallest absolute Gasteiger partial charge is 0.351 e. The number of fused-ring (bicyclic) bond motifs is 3. The second kappa shape index (κ2) is 8.14. The molecule has 0 atom stereocenters. The van der Waals surface area contributed by atoms with Gasteiger partial charge >= 0.3 is 5.69 Å². The monoisotopic (exact) mass is 391 g/mol. The summed E-state index contributed by atoms with van der Waals surface area (Å²) in [7, 11) is 0. The van der Waals surface area contributed by atoms with Gasteiger partial charge in [0.2, 0.25) is 11.6 Å². The maximum Gasteiger partial charge on any atom is 0.351 e. The van der Waals surface area contributed by atoms with E-state index in [0.29, 0.717) is 23.3 Å². The van der Waals surface area contributed by atoms with E-state index in [-0.39, 0.29) is 24.0 Å². The Morgan fingerprint density at radius 3 is 2.66 bits per heavy atom.